The molecule has 0 spiro atoms. The highest BCUT2D eigenvalue weighted by molar-refractivity contribution is 6.04. The number of hydrogen-bond acceptors (Lipinski definition) is 2. The Labute approximate surface area is 107 Å². The molecule has 0 heterocycles. The van der Waals surface area contributed by atoms with Crippen molar-refractivity contribution in [3.05, 3.63) is 29.8 Å². The van der Waals surface area contributed by atoms with Gasteiger partial charge in [-0.1, -0.05) is 39.0 Å². The first kappa shape index (κ1) is 14.2. The number of amides is 1. The van der Waals surface area contributed by atoms with Gasteiger partial charge in [0.05, 0.1) is 0 Å². The number of carbonyl (C=O) groups excluding carboxylic acids is 1. The van der Waals surface area contributed by atoms with E-state index in [0.29, 0.717) is 5.69 Å². The number of rotatable bonds is 5. The SMILES string of the molecule is CCc1ccccc1NC(=O)C(C(=O)O)C(C)C. The number of aryl methyl sites for hydroxylation is 1. The minimum atomic E-state index is -1.09. The zero-order valence-electron chi connectivity index (χ0n) is 10.9. The Morgan fingerprint density at radius 3 is 2.39 bits per heavy atom. The summed E-state index contributed by atoms with van der Waals surface area (Å²) in [5.41, 5.74) is 1.69. The first-order valence-corrected chi connectivity index (χ1v) is 6.09. The van der Waals surface area contributed by atoms with Gasteiger partial charge in [0.2, 0.25) is 5.91 Å². The van der Waals surface area contributed by atoms with E-state index in [0.717, 1.165) is 12.0 Å². The van der Waals surface area contributed by atoms with E-state index in [-0.39, 0.29) is 5.92 Å². The van der Waals surface area contributed by atoms with Crippen LogP contribution in [0.3, 0.4) is 0 Å². The van der Waals surface area contributed by atoms with Gasteiger partial charge in [0.25, 0.3) is 0 Å². The van der Waals surface area contributed by atoms with Crippen molar-refractivity contribution in [3.8, 4) is 0 Å². The van der Waals surface area contributed by atoms with E-state index in [4.69, 9.17) is 5.11 Å². The molecule has 1 rings (SSSR count). The Morgan fingerprint density at radius 1 is 1.28 bits per heavy atom. The van der Waals surface area contributed by atoms with E-state index in [9.17, 15) is 9.59 Å². The first-order chi connectivity index (χ1) is 8.47. The standard InChI is InChI=1S/C14H19NO3/c1-4-10-7-5-6-8-11(10)15-13(16)12(9(2)3)14(17)18/h5-9,12H,4H2,1-3H3,(H,15,16)(H,17,18). The number of benzene rings is 1. The number of para-hydroxylation sites is 1. The molecule has 4 nitrogen and oxygen atoms in total. The van der Waals surface area contributed by atoms with Gasteiger partial charge < -0.3 is 10.4 Å². The van der Waals surface area contributed by atoms with E-state index >= 15 is 0 Å². The van der Waals surface area contributed by atoms with Gasteiger partial charge in [-0.3, -0.25) is 9.59 Å². The number of carboxylic acids is 1. The highest BCUT2D eigenvalue weighted by Gasteiger charge is 2.29. The van der Waals surface area contributed by atoms with Gasteiger partial charge in [0, 0.05) is 5.69 Å². The van der Waals surface area contributed by atoms with E-state index in [1.807, 2.05) is 25.1 Å². The van der Waals surface area contributed by atoms with Gasteiger partial charge in [-0.05, 0) is 24.0 Å². The molecule has 1 aromatic rings. The van der Waals surface area contributed by atoms with E-state index in [1.165, 1.54) is 0 Å². The molecule has 0 saturated carbocycles. The summed E-state index contributed by atoms with van der Waals surface area (Å²) in [7, 11) is 0. The maximum absolute atomic E-state index is 12.0. The molecule has 1 amide bonds. The van der Waals surface area contributed by atoms with Crippen LogP contribution in [-0.4, -0.2) is 17.0 Å². The van der Waals surface area contributed by atoms with Gasteiger partial charge >= 0.3 is 5.97 Å². The predicted octanol–water partition coefficient (Wildman–Crippen LogP) is 2.54. The highest BCUT2D eigenvalue weighted by Crippen LogP contribution is 2.19. The van der Waals surface area contributed by atoms with Crippen molar-refractivity contribution < 1.29 is 14.7 Å². The molecule has 0 fully saturated rings. The van der Waals surface area contributed by atoms with Crippen LogP contribution in [0.5, 0.6) is 0 Å². The molecule has 1 atom stereocenters. The number of carboxylic acid groups (broad SMARTS) is 1. The molecule has 0 aliphatic heterocycles. The largest absolute Gasteiger partial charge is 0.481 e. The molecule has 0 aliphatic carbocycles. The molecule has 4 heteroatoms. The molecule has 0 radical (unpaired) electrons. The van der Waals surface area contributed by atoms with Gasteiger partial charge in [0.1, 0.15) is 5.92 Å². The molecule has 98 valence electrons. The maximum atomic E-state index is 12.0. The Bertz CT molecular complexity index is 440. The number of carbonyl (C=O) groups is 2. The van der Waals surface area contributed by atoms with Crippen LogP contribution in [-0.2, 0) is 16.0 Å². The van der Waals surface area contributed by atoms with E-state index < -0.39 is 17.8 Å². The lowest BCUT2D eigenvalue weighted by molar-refractivity contribution is -0.147. The summed E-state index contributed by atoms with van der Waals surface area (Å²) >= 11 is 0. The second-order valence-electron chi connectivity index (χ2n) is 4.56. The fourth-order valence-corrected chi connectivity index (χ4v) is 1.86. The summed E-state index contributed by atoms with van der Waals surface area (Å²) in [5.74, 6) is -2.80. The minimum absolute atomic E-state index is 0.240. The molecule has 0 saturated heterocycles. The third-order valence-corrected chi connectivity index (χ3v) is 2.87. The third-order valence-electron chi connectivity index (χ3n) is 2.87. The van der Waals surface area contributed by atoms with Crippen molar-refractivity contribution in [2.45, 2.75) is 27.2 Å². The smallest absolute Gasteiger partial charge is 0.316 e. The lowest BCUT2D eigenvalue weighted by Crippen LogP contribution is -2.33. The first-order valence-electron chi connectivity index (χ1n) is 6.09. The zero-order valence-corrected chi connectivity index (χ0v) is 10.9. The molecule has 0 bridgehead atoms. The van der Waals surface area contributed by atoms with Crippen LogP contribution in [0.4, 0.5) is 5.69 Å². The summed E-state index contributed by atoms with van der Waals surface area (Å²) in [4.78, 5) is 23.0. The Balaban J connectivity index is 2.89. The van der Waals surface area contributed by atoms with Crippen LogP contribution in [0.1, 0.15) is 26.3 Å². The average molecular weight is 249 g/mol. The summed E-state index contributed by atoms with van der Waals surface area (Å²) in [6.07, 6.45) is 0.788. The van der Waals surface area contributed by atoms with Crippen LogP contribution >= 0.6 is 0 Å². The summed E-state index contributed by atoms with van der Waals surface area (Å²) in [6, 6.07) is 7.42. The minimum Gasteiger partial charge on any atom is -0.481 e. The Kier molecular flexibility index (Phi) is 4.89. The molecule has 0 aromatic heterocycles. The lowest BCUT2D eigenvalue weighted by Gasteiger charge is -2.17. The second kappa shape index (κ2) is 6.19. The van der Waals surface area contributed by atoms with E-state index in [2.05, 4.69) is 5.32 Å². The summed E-state index contributed by atoms with van der Waals surface area (Å²) in [6.45, 7) is 5.44. The van der Waals surface area contributed by atoms with Crippen molar-refractivity contribution in [2.75, 3.05) is 5.32 Å². The maximum Gasteiger partial charge on any atom is 0.316 e. The fourth-order valence-electron chi connectivity index (χ4n) is 1.86. The number of aliphatic carboxylic acids is 1. The van der Waals surface area contributed by atoms with Crippen LogP contribution in [0.15, 0.2) is 24.3 Å². The highest BCUT2D eigenvalue weighted by atomic mass is 16.4. The monoisotopic (exact) mass is 249 g/mol. The molecule has 18 heavy (non-hydrogen) atoms. The van der Waals surface area contributed by atoms with Gasteiger partial charge in [-0.15, -0.1) is 0 Å². The number of hydrogen-bond donors (Lipinski definition) is 2. The van der Waals surface area contributed by atoms with Gasteiger partial charge in [-0.25, -0.2) is 0 Å². The second-order valence-corrected chi connectivity index (χ2v) is 4.56. The van der Waals surface area contributed by atoms with Gasteiger partial charge in [-0.2, -0.15) is 0 Å². The van der Waals surface area contributed by atoms with Crippen molar-refractivity contribution in [3.63, 3.8) is 0 Å². The molecular weight excluding hydrogens is 230 g/mol. The normalized spacial score (nSPS) is 12.2. The Hall–Kier alpha value is -1.84. The molecule has 0 aliphatic rings. The van der Waals surface area contributed by atoms with Crippen LogP contribution in [0.2, 0.25) is 0 Å². The van der Waals surface area contributed by atoms with Crippen molar-refractivity contribution >= 4 is 17.6 Å². The summed E-state index contributed by atoms with van der Waals surface area (Å²) in [5, 5.41) is 11.8. The zero-order chi connectivity index (χ0) is 13.7. The average Bonchev–Trinajstić information content (AvgIpc) is 2.28. The van der Waals surface area contributed by atoms with Gasteiger partial charge in [0.15, 0.2) is 0 Å². The topological polar surface area (TPSA) is 66.4 Å². The summed E-state index contributed by atoms with van der Waals surface area (Å²) < 4.78 is 0. The van der Waals surface area contributed by atoms with Crippen molar-refractivity contribution in [1.29, 1.82) is 0 Å². The number of anilines is 1. The van der Waals surface area contributed by atoms with Crippen molar-refractivity contribution in [2.24, 2.45) is 11.8 Å². The molecule has 1 unspecified atom stereocenters. The lowest BCUT2D eigenvalue weighted by atomic mass is 9.95. The predicted molar refractivity (Wildman–Crippen MR) is 70.4 cm³/mol. The number of nitrogens with one attached hydrogen (secondary N) is 1. The Morgan fingerprint density at radius 2 is 1.89 bits per heavy atom. The van der Waals surface area contributed by atoms with Crippen LogP contribution < -0.4 is 5.32 Å². The molecule has 2 N–H and O–H groups in total. The quantitative estimate of drug-likeness (QED) is 0.788. The van der Waals surface area contributed by atoms with Crippen LogP contribution in [0.25, 0.3) is 0 Å². The molecule has 1 aromatic carbocycles. The van der Waals surface area contributed by atoms with Crippen LogP contribution in [0, 0.1) is 11.8 Å². The van der Waals surface area contributed by atoms with E-state index in [1.54, 1.807) is 19.9 Å². The van der Waals surface area contributed by atoms with Crippen molar-refractivity contribution in [1.82, 2.24) is 0 Å². The fraction of sp³-hybridized carbons (Fsp3) is 0.429. The third kappa shape index (κ3) is 3.32. The molecular formula is C14H19NO3.